The van der Waals surface area contributed by atoms with E-state index in [0.717, 1.165) is 17.2 Å². The first-order valence-electron chi connectivity index (χ1n) is 5.84. The smallest absolute Gasteiger partial charge is 0.230 e. The van der Waals surface area contributed by atoms with Crippen LogP contribution >= 0.6 is 11.3 Å². The molecule has 0 aliphatic carbocycles. The number of aromatic nitrogens is 3. The molecule has 0 amide bonds. The van der Waals surface area contributed by atoms with Gasteiger partial charge in [0.15, 0.2) is 5.82 Å². The van der Waals surface area contributed by atoms with Gasteiger partial charge >= 0.3 is 0 Å². The van der Waals surface area contributed by atoms with Gasteiger partial charge in [0, 0.05) is 25.5 Å². The van der Waals surface area contributed by atoms with Crippen LogP contribution in [0.25, 0.3) is 10.7 Å². The highest BCUT2D eigenvalue weighted by Gasteiger charge is 2.10. The average molecular weight is 263 g/mol. The highest BCUT2D eigenvalue weighted by molar-refractivity contribution is 7.15. The van der Waals surface area contributed by atoms with Gasteiger partial charge in [0.1, 0.15) is 0 Å². The van der Waals surface area contributed by atoms with Crippen molar-refractivity contribution >= 4 is 23.2 Å². The molecule has 0 aliphatic heterocycles. The third-order valence-electron chi connectivity index (χ3n) is 2.32. The highest BCUT2D eigenvalue weighted by Crippen LogP contribution is 2.26. The van der Waals surface area contributed by atoms with E-state index in [9.17, 15) is 0 Å². The van der Waals surface area contributed by atoms with Gasteiger partial charge in [-0.2, -0.15) is 15.0 Å². The summed E-state index contributed by atoms with van der Waals surface area (Å²) in [7, 11) is 3.85. The second kappa shape index (κ2) is 5.30. The van der Waals surface area contributed by atoms with Crippen molar-refractivity contribution in [3.05, 3.63) is 17.0 Å². The number of anilines is 2. The second-order valence-corrected chi connectivity index (χ2v) is 5.41. The molecular formula is C12H17N5S. The summed E-state index contributed by atoms with van der Waals surface area (Å²) in [6, 6.07) is 4.12. The quantitative estimate of drug-likeness (QED) is 0.918. The molecule has 0 aliphatic rings. The van der Waals surface area contributed by atoms with Gasteiger partial charge in [0.2, 0.25) is 11.9 Å². The van der Waals surface area contributed by atoms with E-state index in [2.05, 4.69) is 33.3 Å². The molecule has 2 rings (SSSR count). The maximum atomic E-state index is 4.47. The van der Waals surface area contributed by atoms with Crippen molar-refractivity contribution in [3.8, 4) is 10.7 Å². The average Bonchev–Trinajstić information content (AvgIpc) is 2.76. The van der Waals surface area contributed by atoms with Crippen molar-refractivity contribution < 1.29 is 0 Å². The fourth-order valence-electron chi connectivity index (χ4n) is 1.47. The van der Waals surface area contributed by atoms with Crippen molar-refractivity contribution in [2.24, 2.45) is 0 Å². The van der Waals surface area contributed by atoms with Crippen LogP contribution in [0.3, 0.4) is 0 Å². The lowest BCUT2D eigenvalue weighted by Crippen LogP contribution is -2.15. The van der Waals surface area contributed by atoms with Crippen molar-refractivity contribution in [2.75, 3.05) is 30.9 Å². The van der Waals surface area contributed by atoms with Crippen LogP contribution in [0.5, 0.6) is 0 Å². The van der Waals surface area contributed by atoms with Crippen LogP contribution < -0.4 is 10.2 Å². The van der Waals surface area contributed by atoms with E-state index in [1.54, 1.807) is 11.3 Å². The largest absolute Gasteiger partial charge is 0.354 e. The zero-order chi connectivity index (χ0) is 13.1. The number of thiophene rings is 1. The molecular weight excluding hydrogens is 246 g/mol. The Kier molecular flexibility index (Phi) is 3.76. The minimum absolute atomic E-state index is 0.622. The minimum atomic E-state index is 0.622. The number of aryl methyl sites for hydroxylation is 1. The van der Waals surface area contributed by atoms with Gasteiger partial charge < -0.3 is 10.2 Å². The van der Waals surface area contributed by atoms with Crippen molar-refractivity contribution in [1.82, 2.24) is 15.0 Å². The predicted octanol–water partition coefficient (Wildman–Crippen LogP) is 2.41. The molecule has 2 aromatic rings. The van der Waals surface area contributed by atoms with E-state index in [1.807, 2.05) is 32.0 Å². The molecule has 96 valence electrons. The molecule has 0 atom stereocenters. The number of nitrogens with zero attached hydrogens (tertiary/aromatic N) is 4. The van der Waals surface area contributed by atoms with E-state index in [-0.39, 0.29) is 0 Å². The Hall–Kier alpha value is -1.69. The van der Waals surface area contributed by atoms with Crippen molar-refractivity contribution in [1.29, 1.82) is 0 Å². The number of hydrogen-bond acceptors (Lipinski definition) is 6. The second-order valence-electron chi connectivity index (χ2n) is 4.12. The fourth-order valence-corrected chi connectivity index (χ4v) is 2.27. The van der Waals surface area contributed by atoms with Crippen LogP contribution in [-0.4, -0.2) is 35.6 Å². The van der Waals surface area contributed by atoms with Gasteiger partial charge in [0.05, 0.1) is 4.88 Å². The number of nitrogens with one attached hydrogen (secondary N) is 1. The Bertz CT molecular complexity index is 535. The monoisotopic (exact) mass is 263 g/mol. The van der Waals surface area contributed by atoms with E-state index in [0.29, 0.717) is 11.9 Å². The lowest BCUT2D eigenvalue weighted by Gasteiger charge is -2.12. The predicted molar refractivity (Wildman–Crippen MR) is 76.4 cm³/mol. The first-order chi connectivity index (χ1) is 8.60. The molecule has 1 N–H and O–H groups in total. The molecule has 5 nitrogen and oxygen atoms in total. The molecule has 0 fully saturated rings. The lowest BCUT2D eigenvalue weighted by molar-refractivity contribution is 0.955. The fraction of sp³-hybridized carbons (Fsp3) is 0.417. The van der Waals surface area contributed by atoms with E-state index < -0.39 is 0 Å². The molecule has 0 spiro atoms. The van der Waals surface area contributed by atoms with Crippen LogP contribution in [0.2, 0.25) is 0 Å². The molecule has 0 unspecified atom stereocenters. The summed E-state index contributed by atoms with van der Waals surface area (Å²) in [5.41, 5.74) is 0. The summed E-state index contributed by atoms with van der Waals surface area (Å²) in [6.45, 7) is 4.89. The Balaban J connectivity index is 2.45. The molecule has 6 heteroatoms. The third kappa shape index (κ3) is 2.76. The Labute approximate surface area is 111 Å². The first kappa shape index (κ1) is 12.8. The van der Waals surface area contributed by atoms with E-state index >= 15 is 0 Å². The van der Waals surface area contributed by atoms with Crippen LogP contribution in [0.1, 0.15) is 11.8 Å². The Morgan fingerprint density at radius 3 is 2.56 bits per heavy atom. The molecule has 0 saturated heterocycles. The van der Waals surface area contributed by atoms with E-state index in [1.165, 1.54) is 4.88 Å². The van der Waals surface area contributed by atoms with E-state index in [4.69, 9.17) is 0 Å². The Morgan fingerprint density at radius 1 is 1.22 bits per heavy atom. The Morgan fingerprint density at radius 2 is 2.00 bits per heavy atom. The summed E-state index contributed by atoms with van der Waals surface area (Å²) >= 11 is 1.69. The maximum absolute atomic E-state index is 4.47. The van der Waals surface area contributed by atoms with Gasteiger partial charge in [-0.15, -0.1) is 11.3 Å². The number of rotatable bonds is 4. The molecule has 18 heavy (non-hydrogen) atoms. The molecule has 0 aromatic carbocycles. The van der Waals surface area contributed by atoms with Gasteiger partial charge in [-0.3, -0.25) is 0 Å². The molecule has 2 heterocycles. The zero-order valence-corrected chi connectivity index (χ0v) is 11.9. The standard InChI is InChI=1S/C12H17N5S/c1-5-13-11-14-10(9-7-6-8(2)18-9)15-12(16-11)17(3)4/h6-7H,5H2,1-4H3,(H,13,14,15,16). The van der Waals surface area contributed by atoms with Crippen LogP contribution in [0, 0.1) is 6.92 Å². The molecule has 0 radical (unpaired) electrons. The normalized spacial score (nSPS) is 10.4. The summed E-state index contributed by atoms with van der Waals surface area (Å²) in [5.74, 6) is 2.02. The summed E-state index contributed by atoms with van der Waals surface area (Å²) in [4.78, 5) is 17.5. The third-order valence-corrected chi connectivity index (χ3v) is 3.32. The van der Waals surface area contributed by atoms with Crippen LogP contribution in [0.4, 0.5) is 11.9 Å². The summed E-state index contributed by atoms with van der Waals surface area (Å²) in [5, 5.41) is 3.14. The van der Waals surface area contributed by atoms with Crippen LogP contribution in [0.15, 0.2) is 12.1 Å². The lowest BCUT2D eigenvalue weighted by atomic mass is 10.4. The summed E-state index contributed by atoms with van der Waals surface area (Å²) < 4.78 is 0. The summed E-state index contributed by atoms with van der Waals surface area (Å²) in [6.07, 6.45) is 0. The van der Waals surface area contributed by atoms with Crippen molar-refractivity contribution in [3.63, 3.8) is 0 Å². The van der Waals surface area contributed by atoms with Gasteiger partial charge in [-0.25, -0.2) is 0 Å². The molecule has 0 saturated carbocycles. The topological polar surface area (TPSA) is 53.9 Å². The number of hydrogen-bond donors (Lipinski definition) is 1. The van der Waals surface area contributed by atoms with Gasteiger partial charge in [-0.05, 0) is 26.0 Å². The minimum Gasteiger partial charge on any atom is -0.354 e. The SMILES string of the molecule is CCNc1nc(-c2ccc(C)s2)nc(N(C)C)n1. The first-order valence-corrected chi connectivity index (χ1v) is 6.66. The van der Waals surface area contributed by atoms with Gasteiger partial charge in [0.25, 0.3) is 0 Å². The molecule has 2 aromatic heterocycles. The maximum Gasteiger partial charge on any atom is 0.230 e. The molecule has 0 bridgehead atoms. The highest BCUT2D eigenvalue weighted by atomic mass is 32.1. The van der Waals surface area contributed by atoms with Crippen LogP contribution in [-0.2, 0) is 0 Å². The van der Waals surface area contributed by atoms with Gasteiger partial charge in [-0.1, -0.05) is 0 Å². The zero-order valence-electron chi connectivity index (χ0n) is 11.1. The van der Waals surface area contributed by atoms with Crippen molar-refractivity contribution in [2.45, 2.75) is 13.8 Å².